The summed E-state index contributed by atoms with van der Waals surface area (Å²) in [6.45, 7) is 3.23. The second-order valence-corrected chi connectivity index (χ2v) is 6.74. The van der Waals surface area contributed by atoms with Crippen LogP contribution in [-0.4, -0.2) is 16.2 Å². The zero-order valence-electron chi connectivity index (χ0n) is 14.8. The Hall–Kier alpha value is -2.31. The van der Waals surface area contributed by atoms with Crippen LogP contribution >= 0.6 is 0 Å². The molecule has 3 heteroatoms. The molecule has 1 fully saturated rings. The van der Waals surface area contributed by atoms with Gasteiger partial charge >= 0.3 is 0 Å². The monoisotopic (exact) mass is 332 g/mol. The van der Waals surface area contributed by atoms with Crippen molar-refractivity contribution in [3.63, 3.8) is 0 Å². The van der Waals surface area contributed by atoms with Crippen LogP contribution in [0.4, 0.5) is 0 Å². The van der Waals surface area contributed by atoms with Gasteiger partial charge in [0.1, 0.15) is 18.1 Å². The Morgan fingerprint density at radius 1 is 1.08 bits per heavy atom. The maximum atomic E-state index is 5.68. The number of rotatable bonds is 3. The molecular weight excluding hydrogens is 308 g/mol. The number of hydrogen-bond acceptors (Lipinski definition) is 2. The summed E-state index contributed by atoms with van der Waals surface area (Å²) >= 11 is 0. The molecule has 0 radical (unpaired) electrons. The highest BCUT2D eigenvalue weighted by Crippen LogP contribution is 2.28. The molecule has 3 aromatic rings. The van der Waals surface area contributed by atoms with Gasteiger partial charge < -0.3 is 9.30 Å². The van der Waals surface area contributed by atoms with Crippen LogP contribution in [0, 0.1) is 17.8 Å². The van der Waals surface area contributed by atoms with Gasteiger partial charge in [0.2, 0.25) is 0 Å². The maximum Gasteiger partial charge on any atom is 0.144 e. The fourth-order valence-electron chi connectivity index (χ4n) is 3.72. The third-order valence-electron chi connectivity index (χ3n) is 5.05. The number of benzene rings is 1. The first-order valence-corrected chi connectivity index (χ1v) is 9.34. The van der Waals surface area contributed by atoms with Crippen molar-refractivity contribution in [2.45, 2.75) is 45.8 Å². The molecule has 2 heterocycles. The summed E-state index contributed by atoms with van der Waals surface area (Å²) in [6.07, 6.45) is 6.46. The summed E-state index contributed by atoms with van der Waals surface area (Å²) in [7, 11) is 0. The third-order valence-corrected chi connectivity index (χ3v) is 5.05. The van der Waals surface area contributed by atoms with Crippen LogP contribution in [0.3, 0.4) is 0 Å². The minimum atomic E-state index is 0.521. The second-order valence-electron chi connectivity index (χ2n) is 6.74. The minimum Gasteiger partial charge on any atom is -0.361 e. The Balaban J connectivity index is 1.76. The molecule has 2 aromatic heterocycles. The third kappa shape index (κ3) is 3.27. The number of para-hydroxylation sites is 1. The summed E-state index contributed by atoms with van der Waals surface area (Å²) in [4.78, 5) is 4.86. The number of aromatic nitrogens is 2. The lowest BCUT2D eigenvalue weighted by Crippen LogP contribution is -2.04. The molecule has 0 spiro atoms. The van der Waals surface area contributed by atoms with Crippen LogP contribution in [0.2, 0.25) is 0 Å². The highest BCUT2D eigenvalue weighted by Gasteiger charge is 2.12. The number of fused-ring (bicyclic) bond motifs is 3. The van der Waals surface area contributed by atoms with Crippen LogP contribution in [0.5, 0.6) is 0 Å². The average Bonchev–Trinajstić information content (AvgIpc) is 2.98. The van der Waals surface area contributed by atoms with E-state index < -0.39 is 0 Å². The zero-order chi connectivity index (χ0) is 17.1. The molecule has 0 unspecified atom stereocenters. The van der Waals surface area contributed by atoms with Gasteiger partial charge in [-0.25, -0.2) is 4.98 Å². The van der Waals surface area contributed by atoms with E-state index in [1.54, 1.807) is 0 Å². The van der Waals surface area contributed by atoms with E-state index in [4.69, 9.17) is 9.72 Å². The molecule has 0 atom stereocenters. The highest BCUT2D eigenvalue weighted by molar-refractivity contribution is 6.06. The van der Waals surface area contributed by atoms with Gasteiger partial charge in [-0.05, 0) is 43.9 Å². The van der Waals surface area contributed by atoms with Crippen LogP contribution in [0.15, 0.2) is 36.4 Å². The quantitative estimate of drug-likeness (QED) is 0.623. The summed E-state index contributed by atoms with van der Waals surface area (Å²) in [5.74, 6) is 7.31. The summed E-state index contributed by atoms with van der Waals surface area (Å²) in [5.41, 5.74) is 2.99. The van der Waals surface area contributed by atoms with Gasteiger partial charge in [-0.3, -0.25) is 0 Å². The molecule has 0 saturated heterocycles. The lowest BCUT2D eigenvalue weighted by molar-refractivity contribution is 0.0932. The van der Waals surface area contributed by atoms with Gasteiger partial charge in [0.15, 0.2) is 0 Å². The molecule has 3 nitrogen and oxygen atoms in total. The lowest BCUT2D eigenvalue weighted by atomic mass is 9.90. The standard InChI is InChI=1S/C22H24N2O/c1-2-25-16-24-21-11-7-6-10-19(21)20-15-14-18(23-22(20)24)13-12-17-8-4-3-5-9-17/h6-7,10-11,14-15,17H,2-5,8-9,16H2,1H3. The summed E-state index contributed by atoms with van der Waals surface area (Å²) in [5, 5.41) is 2.38. The largest absolute Gasteiger partial charge is 0.361 e. The summed E-state index contributed by atoms with van der Waals surface area (Å²) in [6, 6.07) is 12.6. The highest BCUT2D eigenvalue weighted by atomic mass is 16.5. The van der Waals surface area contributed by atoms with Gasteiger partial charge in [-0.15, -0.1) is 0 Å². The van der Waals surface area contributed by atoms with E-state index >= 15 is 0 Å². The molecule has 1 saturated carbocycles. The molecule has 0 bridgehead atoms. The fourth-order valence-corrected chi connectivity index (χ4v) is 3.72. The molecule has 0 aliphatic heterocycles. The van der Waals surface area contributed by atoms with Crippen LogP contribution in [0.25, 0.3) is 21.9 Å². The van der Waals surface area contributed by atoms with E-state index in [1.807, 2.05) is 6.92 Å². The van der Waals surface area contributed by atoms with E-state index in [9.17, 15) is 0 Å². The van der Waals surface area contributed by atoms with Crippen LogP contribution < -0.4 is 0 Å². The van der Waals surface area contributed by atoms with Crippen molar-refractivity contribution in [3.05, 3.63) is 42.1 Å². The molecule has 0 N–H and O–H groups in total. The first-order chi connectivity index (χ1) is 12.4. The van der Waals surface area contributed by atoms with Gasteiger partial charge in [0.25, 0.3) is 0 Å². The Kier molecular flexibility index (Phi) is 4.72. The molecule has 1 aliphatic rings. The van der Waals surface area contributed by atoms with Crippen molar-refractivity contribution in [2.24, 2.45) is 5.92 Å². The normalized spacial score (nSPS) is 15.4. The predicted molar refractivity (Wildman–Crippen MR) is 102 cm³/mol. The van der Waals surface area contributed by atoms with Crippen molar-refractivity contribution in [3.8, 4) is 11.8 Å². The Bertz CT molecular complexity index is 939. The zero-order valence-corrected chi connectivity index (χ0v) is 14.8. The smallest absolute Gasteiger partial charge is 0.144 e. The molecule has 1 aliphatic carbocycles. The average molecular weight is 332 g/mol. The van der Waals surface area contributed by atoms with E-state index in [1.165, 1.54) is 42.9 Å². The minimum absolute atomic E-state index is 0.521. The Morgan fingerprint density at radius 2 is 1.92 bits per heavy atom. The van der Waals surface area contributed by atoms with Crippen molar-refractivity contribution in [1.82, 2.24) is 9.55 Å². The Morgan fingerprint density at radius 3 is 2.76 bits per heavy atom. The molecular formula is C22H24N2O. The fraction of sp³-hybridized carbons (Fsp3) is 0.409. The molecule has 128 valence electrons. The molecule has 25 heavy (non-hydrogen) atoms. The van der Waals surface area contributed by atoms with Crippen molar-refractivity contribution in [2.75, 3.05) is 6.61 Å². The van der Waals surface area contributed by atoms with E-state index in [0.29, 0.717) is 19.3 Å². The van der Waals surface area contributed by atoms with Crippen LogP contribution in [0.1, 0.15) is 44.7 Å². The van der Waals surface area contributed by atoms with Gasteiger partial charge in [0, 0.05) is 23.3 Å². The van der Waals surface area contributed by atoms with Gasteiger partial charge in [0.05, 0.1) is 5.52 Å². The van der Waals surface area contributed by atoms with Crippen LogP contribution in [-0.2, 0) is 11.5 Å². The lowest BCUT2D eigenvalue weighted by Gasteiger charge is -2.15. The number of hydrogen-bond donors (Lipinski definition) is 0. The van der Waals surface area contributed by atoms with Crippen molar-refractivity contribution < 1.29 is 4.74 Å². The van der Waals surface area contributed by atoms with E-state index in [2.05, 4.69) is 52.8 Å². The number of ether oxygens (including phenoxy) is 1. The first kappa shape index (κ1) is 16.2. The van der Waals surface area contributed by atoms with Gasteiger partial charge in [-0.1, -0.05) is 43.4 Å². The molecule has 1 aromatic carbocycles. The number of pyridine rings is 1. The van der Waals surface area contributed by atoms with E-state index in [-0.39, 0.29) is 0 Å². The van der Waals surface area contributed by atoms with Crippen molar-refractivity contribution in [1.29, 1.82) is 0 Å². The van der Waals surface area contributed by atoms with Crippen molar-refractivity contribution >= 4 is 21.9 Å². The SMILES string of the molecule is CCOCn1c2ccccc2c2ccc(C#CC3CCCCC3)nc21. The molecule has 0 amide bonds. The predicted octanol–water partition coefficient (Wildman–Crippen LogP) is 5.12. The Labute approximate surface area is 149 Å². The molecule has 4 rings (SSSR count). The van der Waals surface area contributed by atoms with Gasteiger partial charge in [-0.2, -0.15) is 0 Å². The first-order valence-electron chi connectivity index (χ1n) is 9.34. The topological polar surface area (TPSA) is 27.1 Å². The summed E-state index contributed by atoms with van der Waals surface area (Å²) < 4.78 is 7.83. The number of nitrogens with zero attached hydrogens (tertiary/aromatic N) is 2. The second kappa shape index (κ2) is 7.29. The maximum absolute atomic E-state index is 5.68. The van der Waals surface area contributed by atoms with E-state index in [0.717, 1.165) is 16.9 Å².